The summed E-state index contributed by atoms with van der Waals surface area (Å²) >= 11 is 12.6. The maximum atomic E-state index is 6.39. The summed E-state index contributed by atoms with van der Waals surface area (Å²) in [5.74, 6) is 0.902. The van der Waals surface area contributed by atoms with E-state index in [2.05, 4.69) is 42.3 Å². The third kappa shape index (κ3) is 6.21. The molecule has 0 spiro atoms. The van der Waals surface area contributed by atoms with Gasteiger partial charge in [-0.3, -0.25) is 10.3 Å². The quantitative estimate of drug-likeness (QED) is 0.195. The van der Waals surface area contributed by atoms with Crippen LogP contribution in [0.2, 0.25) is 10.0 Å². The molecule has 1 aliphatic carbocycles. The number of nitrogens with one attached hydrogen (secondary N) is 1. The molecule has 2 aromatic carbocycles. The van der Waals surface area contributed by atoms with Gasteiger partial charge in [-0.25, -0.2) is 4.68 Å². The number of halogens is 2. The second-order valence-electron chi connectivity index (χ2n) is 10.8. The zero-order chi connectivity index (χ0) is 27.4. The number of hydrogen-bond donors (Lipinski definition) is 2. The first kappa shape index (κ1) is 27.8. The summed E-state index contributed by atoms with van der Waals surface area (Å²) in [5.41, 5.74) is 11.0. The molecule has 3 atom stereocenters. The van der Waals surface area contributed by atoms with E-state index in [-0.39, 0.29) is 18.4 Å². The molecule has 0 bridgehead atoms. The standard InChI is InChI=1S/C31H35Cl2N5O/c1-31(2)23(12-14-36-30(39-20-34)15-21-7-4-3-5-8-21)16-25(31)29-18-28(22-9-6-13-35-19-22)37-38(29)24-10-11-26(32)27(33)17-24/h3-11,13,17-19,23,25,30,36H,12,14-16,20,34H2,1-2H3. The van der Waals surface area contributed by atoms with Gasteiger partial charge in [0, 0.05) is 36.0 Å². The molecule has 0 saturated heterocycles. The fraction of sp³-hybridized carbons (Fsp3) is 0.355. The van der Waals surface area contributed by atoms with Gasteiger partial charge in [0.25, 0.3) is 0 Å². The Morgan fingerprint density at radius 1 is 1.08 bits per heavy atom. The van der Waals surface area contributed by atoms with Gasteiger partial charge in [0.1, 0.15) is 6.23 Å². The molecular formula is C31H35Cl2N5O. The van der Waals surface area contributed by atoms with Crippen molar-refractivity contribution in [2.45, 2.75) is 45.3 Å². The van der Waals surface area contributed by atoms with Crippen LogP contribution in [0.5, 0.6) is 0 Å². The molecule has 4 aromatic rings. The molecule has 2 aromatic heterocycles. The van der Waals surface area contributed by atoms with Crippen LogP contribution in [0.25, 0.3) is 16.9 Å². The number of rotatable bonds is 11. The van der Waals surface area contributed by atoms with Crippen LogP contribution in [0.15, 0.2) is 79.1 Å². The average molecular weight is 565 g/mol. The fourth-order valence-corrected chi connectivity index (χ4v) is 5.98. The van der Waals surface area contributed by atoms with Gasteiger partial charge in [0.05, 0.1) is 28.2 Å². The summed E-state index contributed by atoms with van der Waals surface area (Å²) in [6.07, 6.45) is 6.44. The van der Waals surface area contributed by atoms with Crippen LogP contribution in [0.3, 0.4) is 0 Å². The van der Waals surface area contributed by atoms with Crippen molar-refractivity contribution in [3.8, 4) is 16.9 Å². The van der Waals surface area contributed by atoms with Gasteiger partial charge in [-0.15, -0.1) is 0 Å². The molecule has 1 fully saturated rings. The van der Waals surface area contributed by atoms with Crippen molar-refractivity contribution in [3.63, 3.8) is 0 Å². The van der Waals surface area contributed by atoms with Gasteiger partial charge < -0.3 is 10.5 Å². The van der Waals surface area contributed by atoms with Crippen molar-refractivity contribution in [1.29, 1.82) is 0 Å². The smallest absolute Gasteiger partial charge is 0.113 e. The molecule has 5 rings (SSSR count). The van der Waals surface area contributed by atoms with Crippen LogP contribution in [0.1, 0.15) is 43.9 Å². The van der Waals surface area contributed by atoms with Gasteiger partial charge in [-0.2, -0.15) is 5.10 Å². The number of aromatic nitrogens is 3. The third-order valence-corrected chi connectivity index (χ3v) is 8.83. The Morgan fingerprint density at radius 3 is 2.59 bits per heavy atom. The Kier molecular flexibility index (Phi) is 8.70. The van der Waals surface area contributed by atoms with Gasteiger partial charge in [0.2, 0.25) is 0 Å². The van der Waals surface area contributed by atoms with Crippen LogP contribution in [-0.2, 0) is 11.2 Å². The van der Waals surface area contributed by atoms with Crippen molar-refractivity contribution in [2.24, 2.45) is 17.1 Å². The van der Waals surface area contributed by atoms with Gasteiger partial charge in [-0.05, 0) is 72.7 Å². The third-order valence-electron chi connectivity index (χ3n) is 8.10. The fourth-order valence-electron chi connectivity index (χ4n) is 5.68. The largest absolute Gasteiger partial charge is 0.348 e. The van der Waals surface area contributed by atoms with Gasteiger partial charge >= 0.3 is 0 Å². The summed E-state index contributed by atoms with van der Waals surface area (Å²) in [4.78, 5) is 4.29. The Hall–Kier alpha value is -2.74. The van der Waals surface area contributed by atoms with E-state index in [1.54, 1.807) is 6.20 Å². The lowest BCUT2D eigenvalue weighted by Crippen LogP contribution is -2.46. The zero-order valence-corrected chi connectivity index (χ0v) is 23.9. The SMILES string of the molecule is CC1(C)C(CCNC(Cc2ccccc2)OCN)CC1c1cc(-c2cccnc2)nn1-c1ccc(Cl)c(Cl)c1. The Bertz CT molecular complexity index is 1380. The summed E-state index contributed by atoms with van der Waals surface area (Å²) in [7, 11) is 0. The lowest BCUT2D eigenvalue weighted by molar-refractivity contribution is 0.00815. The van der Waals surface area contributed by atoms with Crippen LogP contribution in [0, 0.1) is 11.3 Å². The molecule has 39 heavy (non-hydrogen) atoms. The maximum absolute atomic E-state index is 6.39. The van der Waals surface area contributed by atoms with E-state index >= 15 is 0 Å². The molecule has 3 unspecified atom stereocenters. The summed E-state index contributed by atoms with van der Waals surface area (Å²) in [5, 5.41) is 9.62. The minimum Gasteiger partial charge on any atom is -0.348 e. The van der Waals surface area contributed by atoms with E-state index < -0.39 is 0 Å². The molecular weight excluding hydrogens is 529 g/mol. The predicted molar refractivity (Wildman–Crippen MR) is 158 cm³/mol. The second-order valence-corrected chi connectivity index (χ2v) is 11.6. The molecule has 204 valence electrons. The zero-order valence-electron chi connectivity index (χ0n) is 22.4. The lowest BCUT2D eigenvalue weighted by atomic mass is 9.53. The van der Waals surface area contributed by atoms with Crippen molar-refractivity contribution in [2.75, 3.05) is 13.3 Å². The second kappa shape index (κ2) is 12.2. The highest BCUT2D eigenvalue weighted by atomic mass is 35.5. The summed E-state index contributed by atoms with van der Waals surface area (Å²) in [6, 6.07) is 22.2. The minimum absolute atomic E-state index is 0.0888. The number of pyridine rings is 1. The minimum atomic E-state index is -0.102. The monoisotopic (exact) mass is 563 g/mol. The molecule has 1 saturated carbocycles. The van der Waals surface area contributed by atoms with E-state index in [1.165, 1.54) is 11.3 Å². The normalized spacial score (nSPS) is 19.0. The lowest BCUT2D eigenvalue weighted by Gasteiger charge is -2.52. The molecule has 0 radical (unpaired) electrons. The van der Waals surface area contributed by atoms with Gasteiger partial charge in [0.15, 0.2) is 0 Å². The van der Waals surface area contributed by atoms with Crippen LogP contribution in [0.4, 0.5) is 0 Å². The first-order valence-electron chi connectivity index (χ1n) is 13.4. The predicted octanol–water partition coefficient (Wildman–Crippen LogP) is 6.85. The number of ether oxygens (including phenoxy) is 1. The highest BCUT2D eigenvalue weighted by molar-refractivity contribution is 6.42. The van der Waals surface area contributed by atoms with E-state index in [9.17, 15) is 0 Å². The summed E-state index contributed by atoms with van der Waals surface area (Å²) in [6.45, 7) is 5.78. The van der Waals surface area contributed by atoms with E-state index in [1.807, 2.05) is 59.4 Å². The Labute approximate surface area is 240 Å². The molecule has 2 heterocycles. The van der Waals surface area contributed by atoms with Crippen molar-refractivity contribution in [1.82, 2.24) is 20.1 Å². The van der Waals surface area contributed by atoms with Crippen molar-refractivity contribution < 1.29 is 4.74 Å². The first-order valence-corrected chi connectivity index (χ1v) is 14.2. The van der Waals surface area contributed by atoms with Crippen LogP contribution < -0.4 is 11.1 Å². The van der Waals surface area contributed by atoms with Crippen LogP contribution in [-0.4, -0.2) is 34.3 Å². The summed E-state index contributed by atoms with van der Waals surface area (Å²) < 4.78 is 7.80. The van der Waals surface area contributed by atoms with Crippen molar-refractivity contribution >= 4 is 23.2 Å². The molecule has 0 aliphatic heterocycles. The molecule has 0 amide bonds. The molecule has 8 heteroatoms. The molecule has 3 N–H and O–H groups in total. The topological polar surface area (TPSA) is 78.0 Å². The Morgan fingerprint density at radius 2 is 1.90 bits per heavy atom. The number of nitrogens with zero attached hydrogens (tertiary/aromatic N) is 3. The van der Waals surface area contributed by atoms with Crippen LogP contribution >= 0.6 is 23.2 Å². The van der Waals surface area contributed by atoms with E-state index in [0.29, 0.717) is 21.9 Å². The first-order chi connectivity index (χ1) is 18.9. The molecule has 1 aliphatic rings. The highest BCUT2D eigenvalue weighted by Crippen LogP contribution is 2.58. The highest BCUT2D eigenvalue weighted by Gasteiger charge is 2.49. The van der Waals surface area contributed by atoms with E-state index in [4.69, 9.17) is 38.8 Å². The Balaban J connectivity index is 1.31. The number of benzene rings is 2. The number of hydrogen-bond acceptors (Lipinski definition) is 5. The maximum Gasteiger partial charge on any atom is 0.113 e. The van der Waals surface area contributed by atoms with Gasteiger partial charge in [-0.1, -0.05) is 67.4 Å². The van der Waals surface area contributed by atoms with E-state index in [0.717, 1.165) is 42.8 Å². The average Bonchev–Trinajstić information content (AvgIpc) is 3.37. The molecule has 6 nitrogen and oxygen atoms in total. The number of nitrogens with two attached hydrogens (primary N) is 1. The van der Waals surface area contributed by atoms with Crippen molar-refractivity contribution in [3.05, 3.63) is 100 Å².